The summed E-state index contributed by atoms with van der Waals surface area (Å²) in [7, 11) is 0. The summed E-state index contributed by atoms with van der Waals surface area (Å²) in [5, 5.41) is 24.3. The molecule has 0 unspecified atom stereocenters. The van der Waals surface area contributed by atoms with Gasteiger partial charge in [0.15, 0.2) is 0 Å². The maximum Gasteiger partial charge on any atom is 0.256 e. The predicted molar refractivity (Wildman–Crippen MR) is 51.7 cm³/mol. The van der Waals surface area contributed by atoms with Crippen molar-refractivity contribution in [2.24, 2.45) is 16.6 Å². The first-order valence-electron chi connectivity index (χ1n) is 3.79. The highest BCUT2D eigenvalue weighted by molar-refractivity contribution is 5.80. The topological polar surface area (TPSA) is 119 Å². The summed E-state index contributed by atoms with van der Waals surface area (Å²) in [5.74, 6) is -0.0671. The highest BCUT2D eigenvalue weighted by Gasteiger charge is 2.01. The van der Waals surface area contributed by atoms with Gasteiger partial charge in [-0.15, -0.1) is 5.10 Å². The van der Waals surface area contributed by atoms with Crippen molar-refractivity contribution in [3.05, 3.63) is 23.8 Å². The molecule has 0 amide bonds. The lowest BCUT2D eigenvalue weighted by molar-refractivity contribution is -0.456. The molecule has 0 heterocycles. The number of nitrogens with zero attached hydrogens (tertiary/aromatic N) is 1. The van der Waals surface area contributed by atoms with Crippen LogP contribution < -0.4 is 16.6 Å². The summed E-state index contributed by atoms with van der Waals surface area (Å²) >= 11 is 0. The van der Waals surface area contributed by atoms with Crippen LogP contribution in [0.25, 0.3) is 0 Å². The lowest BCUT2D eigenvalue weighted by Crippen LogP contribution is -2.63. The summed E-state index contributed by atoms with van der Waals surface area (Å²) < 4.78 is 0. The molecule has 0 fully saturated rings. The van der Waals surface area contributed by atoms with Crippen LogP contribution in [0.2, 0.25) is 0 Å². The van der Waals surface area contributed by atoms with E-state index in [1.165, 1.54) is 24.4 Å². The number of aromatic hydroxyl groups is 2. The van der Waals surface area contributed by atoms with Crippen molar-refractivity contribution in [3.63, 3.8) is 0 Å². The van der Waals surface area contributed by atoms with E-state index in [-0.39, 0.29) is 17.5 Å². The molecule has 74 valence electrons. The fourth-order valence-corrected chi connectivity index (χ4v) is 0.834. The quantitative estimate of drug-likeness (QED) is 0.159. The van der Waals surface area contributed by atoms with E-state index in [1.54, 1.807) is 0 Å². The highest BCUT2D eigenvalue weighted by Crippen LogP contribution is 2.19. The van der Waals surface area contributed by atoms with E-state index in [1.807, 2.05) is 0 Å². The van der Waals surface area contributed by atoms with Gasteiger partial charge < -0.3 is 21.7 Å². The molecule has 0 radical (unpaired) electrons. The zero-order valence-electron chi connectivity index (χ0n) is 7.31. The number of nitrogens with one attached hydrogen (secondary N) is 1. The van der Waals surface area contributed by atoms with Crippen molar-refractivity contribution in [2.75, 3.05) is 0 Å². The number of phenolic OH excluding ortho intramolecular Hbond substituents is 2. The molecule has 0 aliphatic rings. The SMILES string of the molecule is NC(N)=N[NH+]=Cc1cc(O)ccc1O. The van der Waals surface area contributed by atoms with Crippen LogP contribution in [-0.2, 0) is 0 Å². The van der Waals surface area contributed by atoms with Crippen molar-refractivity contribution in [2.45, 2.75) is 0 Å². The van der Waals surface area contributed by atoms with E-state index in [0.29, 0.717) is 5.56 Å². The standard InChI is InChI=1S/C8H10N4O2/c9-8(10)12-11-4-5-3-6(13)1-2-7(5)14/h1-4,13-14H,(H4,9,10,12)/p+1. The molecule has 1 aromatic carbocycles. The van der Waals surface area contributed by atoms with Crippen molar-refractivity contribution in [1.82, 2.24) is 0 Å². The molecule has 6 nitrogen and oxygen atoms in total. The molecule has 0 bridgehead atoms. The number of guanidine groups is 1. The molecule has 0 saturated carbocycles. The van der Waals surface area contributed by atoms with Crippen LogP contribution in [-0.4, -0.2) is 22.4 Å². The van der Waals surface area contributed by atoms with Crippen LogP contribution in [0.3, 0.4) is 0 Å². The molecule has 0 aliphatic heterocycles. The third-order valence-corrected chi connectivity index (χ3v) is 1.42. The summed E-state index contributed by atoms with van der Waals surface area (Å²) in [6.07, 6.45) is 1.36. The first-order valence-corrected chi connectivity index (χ1v) is 3.79. The predicted octanol–water partition coefficient (Wildman–Crippen LogP) is -2.21. The minimum atomic E-state index is -0.124. The first kappa shape index (κ1) is 9.85. The van der Waals surface area contributed by atoms with E-state index in [2.05, 4.69) is 10.2 Å². The van der Waals surface area contributed by atoms with Gasteiger partial charge in [-0.1, -0.05) is 0 Å². The first-order chi connectivity index (χ1) is 6.59. The molecule has 14 heavy (non-hydrogen) atoms. The number of benzene rings is 1. The lowest BCUT2D eigenvalue weighted by atomic mass is 10.2. The summed E-state index contributed by atoms with van der Waals surface area (Å²) in [6.45, 7) is 0. The van der Waals surface area contributed by atoms with Gasteiger partial charge in [0.1, 0.15) is 11.5 Å². The molecule has 1 aromatic rings. The number of hydrogen-bond donors (Lipinski definition) is 5. The number of phenols is 2. The number of nitrogens with two attached hydrogens (primary N) is 2. The van der Waals surface area contributed by atoms with E-state index in [0.717, 1.165) is 0 Å². The van der Waals surface area contributed by atoms with Gasteiger partial charge in [0.25, 0.3) is 5.96 Å². The second-order valence-electron chi connectivity index (χ2n) is 2.55. The molecule has 0 saturated heterocycles. The van der Waals surface area contributed by atoms with Gasteiger partial charge in [0.2, 0.25) is 6.21 Å². The molecule has 0 atom stereocenters. The van der Waals surface area contributed by atoms with E-state index < -0.39 is 0 Å². The van der Waals surface area contributed by atoms with Crippen LogP contribution in [0.1, 0.15) is 5.56 Å². The Morgan fingerprint density at radius 1 is 1.36 bits per heavy atom. The van der Waals surface area contributed by atoms with Gasteiger partial charge in [-0.05, 0) is 18.2 Å². The van der Waals surface area contributed by atoms with Gasteiger partial charge in [-0.2, -0.15) is 0 Å². The number of hydrazone groups is 1. The van der Waals surface area contributed by atoms with Crippen molar-refractivity contribution < 1.29 is 15.3 Å². The van der Waals surface area contributed by atoms with Crippen LogP contribution >= 0.6 is 0 Å². The van der Waals surface area contributed by atoms with Crippen molar-refractivity contribution in [1.29, 1.82) is 0 Å². The summed E-state index contributed by atoms with van der Waals surface area (Å²) in [6, 6.07) is 4.09. The third kappa shape index (κ3) is 2.67. The molecule has 6 heteroatoms. The molecular weight excluding hydrogens is 184 g/mol. The average Bonchev–Trinajstić information content (AvgIpc) is 2.10. The maximum atomic E-state index is 9.31. The minimum absolute atomic E-state index is 0.0149. The number of rotatable bonds is 2. The average molecular weight is 195 g/mol. The highest BCUT2D eigenvalue weighted by atomic mass is 16.3. The summed E-state index contributed by atoms with van der Waals surface area (Å²) in [4.78, 5) is 0. The molecule has 0 aromatic heterocycles. The van der Waals surface area contributed by atoms with Gasteiger partial charge in [-0.25, -0.2) is 0 Å². The summed E-state index contributed by atoms with van der Waals surface area (Å²) in [5.41, 5.74) is 10.5. The van der Waals surface area contributed by atoms with Gasteiger partial charge >= 0.3 is 0 Å². The van der Waals surface area contributed by atoms with Crippen molar-refractivity contribution in [3.8, 4) is 11.5 Å². The normalized spacial score (nSPS) is 10.3. The molecule has 0 aliphatic carbocycles. The molecule has 1 rings (SSSR count). The zero-order valence-corrected chi connectivity index (χ0v) is 7.31. The maximum absolute atomic E-state index is 9.31. The lowest BCUT2D eigenvalue weighted by Gasteiger charge is -1.95. The zero-order chi connectivity index (χ0) is 10.6. The van der Waals surface area contributed by atoms with Gasteiger partial charge in [-0.3, -0.25) is 0 Å². The van der Waals surface area contributed by atoms with Gasteiger partial charge in [0.05, 0.1) is 5.56 Å². The fraction of sp³-hybridized carbons (Fsp3) is 0. The Kier molecular flexibility index (Phi) is 2.90. The Labute approximate surface area is 80.2 Å². The third-order valence-electron chi connectivity index (χ3n) is 1.42. The van der Waals surface area contributed by atoms with Crippen LogP contribution in [0.5, 0.6) is 11.5 Å². The number of hydrogen-bond acceptors (Lipinski definition) is 3. The van der Waals surface area contributed by atoms with Gasteiger partial charge in [0, 0.05) is 5.10 Å². The van der Waals surface area contributed by atoms with E-state index in [9.17, 15) is 5.11 Å². The smallest absolute Gasteiger partial charge is 0.256 e. The second kappa shape index (κ2) is 4.13. The van der Waals surface area contributed by atoms with Crippen LogP contribution in [0.15, 0.2) is 23.3 Å². The largest absolute Gasteiger partial charge is 0.508 e. The monoisotopic (exact) mass is 195 g/mol. The molecule has 0 spiro atoms. The Hall–Kier alpha value is -2.24. The van der Waals surface area contributed by atoms with Crippen molar-refractivity contribution >= 4 is 12.2 Å². The molecular formula is C8H11N4O2+. The molecule has 7 N–H and O–H groups in total. The Morgan fingerprint density at radius 3 is 2.71 bits per heavy atom. The minimum Gasteiger partial charge on any atom is -0.508 e. The second-order valence-corrected chi connectivity index (χ2v) is 2.55. The Balaban J connectivity index is 2.91. The van der Waals surface area contributed by atoms with E-state index >= 15 is 0 Å². The van der Waals surface area contributed by atoms with Crippen LogP contribution in [0, 0.1) is 0 Å². The Bertz CT molecular complexity index is 383. The van der Waals surface area contributed by atoms with Crippen LogP contribution in [0.4, 0.5) is 0 Å². The fourth-order valence-electron chi connectivity index (χ4n) is 0.834. The Morgan fingerprint density at radius 2 is 2.07 bits per heavy atom. The van der Waals surface area contributed by atoms with E-state index in [4.69, 9.17) is 16.6 Å².